The van der Waals surface area contributed by atoms with Crippen LogP contribution >= 0.6 is 0 Å². The fourth-order valence-corrected chi connectivity index (χ4v) is 1.30. The number of hydrogen-bond acceptors (Lipinski definition) is 5. The highest BCUT2D eigenvalue weighted by molar-refractivity contribution is 5.52. The number of rotatable bonds is 7. The van der Waals surface area contributed by atoms with Gasteiger partial charge in [-0.25, -0.2) is 4.98 Å². The fraction of sp³-hybridized carbons (Fsp3) is 0.583. The smallest absolute Gasteiger partial charge is 0.237 e. The Morgan fingerprint density at radius 3 is 2.59 bits per heavy atom. The largest absolute Gasteiger partial charge is 0.473 e. The molecule has 0 aliphatic heterocycles. The van der Waals surface area contributed by atoms with Gasteiger partial charge in [-0.3, -0.25) is 0 Å². The number of ether oxygens (including phenoxy) is 3. The predicted molar refractivity (Wildman–Crippen MR) is 66.3 cm³/mol. The van der Waals surface area contributed by atoms with E-state index in [0.29, 0.717) is 12.4 Å². The number of pyridine rings is 1. The summed E-state index contributed by atoms with van der Waals surface area (Å²) < 4.78 is 15.8. The van der Waals surface area contributed by atoms with E-state index < -0.39 is 0 Å². The molecule has 0 fully saturated rings. The van der Waals surface area contributed by atoms with Gasteiger partial charge in [-0.2, -0.15) is 0 Å². The summed E-state index contributed by atoms with van der Waals surface area (Å²) in [6.07, 6.45) is 1.50. The zero-order valence-electron chi connectivity index (χ0n) is 10.8. The number of nitrogens with one attached hydrogen (secondary N) is 1. The molecule has 0 bridgehead atoms. The number of nitrogens with zero attached hydrogens (tertiary/aromatic N) is 1. The average molecular weight is 240 g/mol. The highest BCUT2D eigenvalue weighted by Crippen LogP contribution is 2.21. The molecule has 0 radical (unpaired) electrons. The van der Waals surface area contributed by atoms with E-state index in [-0.39, 0.29) is 12.4 Å². The topological polar surface area (TPSA) is 52.6 Å². The predicted octanol–water partition coefficient (Wildman–Crippen LogP) is 1.90. The fourth-order valence-electron chi connectivity index (χ4n) is 1.30. The van der Waals surface area contributed by atoms with Gasteiger partial charge in [0.15, 0.2) is 6.29 Å². The maximum Gasteiger partial charge on any atom is 0.237 e. The van der Waals surface area contributed by atoms with Crippen molar-refractivity contribution < 1.29 is 14.2 Å². The van der Waals surface area contributed by atoms with Gasteiger partial charge in [0.2, 0.25) is 5.88 Å². The van der Waals surface area contributed by atoms with Gasteiger partial charge in [-0.05, 0) is 26.0 Å². The van der Waals surface area contributed by atoms with Gasteiger partial charge in [0, 0.05) is 20.4 Å². The minimum atomic E-state index is -0.290. The van der Waals surface area contributed by atoms with Gasteiger partial charge in [-0.15, -0.1) is 0 Å². The van der Waals surface area contributed by atoms with Crippen LogP contribution in [0, 0.1) is 0 Å². The van der Waals surface area contributed by atoms with Gasteiger partial charge >= 0.3 is 0 Å². The molecule has 1 aromatic rings. The van der Waals surface area contributed by atoms with Gasteiger partial charge < -0.3 is 19.5 Å². The van der Waals surface area contributed by atoms with Crippen LogP contribution in [0.1, 0.15) is 13.8 Å². The Kier molecular flexibility index (Phi) is 5.72. The molecular weight excluding hydrogens is 220 g/mol. The first-order chi connectivity index (χ1) is 8.17. The molecule has 0 aliphatic carbocycles. The number of aromatic nitrogens is 1. The van der Waals surface area contributed by atoms with Crippen LogP contribution in [0.25, 0.3) is 0 Å². The van der Waals surface area contributed by atoms with E-state index in [1.807, 2.05) is 26.0 Å². The van der Waals surface area contributed by atoms with Crippen molar-refractivity contribution in [3.63, 3.8) is 0 Å². The summed E-state index contributed by atoms with van der Waals surface area (Å²) in [7, 11) is 3.20. The summed E-state index contributed by atoms with van der Waals surface area (Å²) in [4.78, 5) is 4.18. The molecule has 0 saturated heterocycles. The van der Waals surface area contributed by atoms with Crippen LogP contribution in [0.3, 0.4) is 0 Å². The Hall–Kier alpha value is -1.33. The Balaban J connectivity index is 2.63. The van der Waals surface area contributed by atoms with Crippen molar-refractivity contribution in [2.45, 2.75) is 26.2 Å². The number of methoxy groups -OCH3 is 2. The molecule has 0 atom stereocenters. The van der Waals surface area contributed by atoms with E-state index in [1.165, 1.54) is 0 Å². The van der Waals surface area contributed by atoms with Crippen LogP contribution in [-0.2, 0) is 9.47 Å². The molecule has 0 saturated carbocycles. The summed E-state index contributed by atoms with van der Waals surface area (Å²) in [5.74, 6) is 0.591. The van der Waals surface area contributed by atoms with Gasteiger partial charge in [-0.1, -0.05) is 0 Å². The van der Waals surface area contributed by atoms with Gasteiger partial charge in [0.1, 0.15) is 0 Å². The molecule has 1 rings (SSSR count). The van der Waals surface area contributed by atoms with Crippen molar-refractivity contribution in [1.29, 1.82) is 0 Å². The van der Waals surface area contributed by atoms with E-state index >= 15 is 0 Å². The molecule has 17 heavy (non-hydrogen) atoms. The van der Waals surface area contributed by atoms with Crippen molar-refractivity contribution in [3.8, 4) is 5.88 Å². The Labute approximate surface area is 102 Å². The molecule has 96 valence electrons. The second-order valence-electron chi connectivity index (χ2n) is 3.80. The van der Waals surface area contributed by atoms with Gasteiger partial charge in [0.25, 0.3) is 0 Å². The van der Waals surface area contributed by atoms with Crippen molar-refractivity contribution in [3.05, 3.63) is 18.3 Å². The molecule has 0 spiro atoms. The minimum Gasteiger partial charge on any atom is -0.473 e. The summed E-state index contributed by atoms with van der Waals surface area (Å²) in [6.45, 7) is 4.46. The van der Waals surface area contributed by atoms with Crippen LogP contribution in [0.4, 0.5) is 5.69 Å². The molecule has 0 amide bonds. The van der Waals surface area contributed by atoms with Gasteiger partial charge in [0.05, 0.1) is 18.3 Å². The quantitative estimate of drug-likeness (QED) is 0.738. The highest BCUT2D eigenvalue weighted by Gasteiger charge is 2.09. The molecule has 0 aromatic carbocycles. The lowest BCUT2D eigenvalue weighted by atomic mass is 10.4. The average Bonchev–Trinajstić information content (AvgIpc) is 2.31. The second-order valence-corrected chi connectivity index (χ2v) is 3.80. The van der Waals surface area contributed by atoms with Crippen molar-refractivity contribution >= 4 is 5.69 Å². The molecule has 5 nitrogen and oxygen atoms in total. The maximum absolute atomic E-state index is 5.59. The van der Waals surface area contributed by atoms with Crippen molar-refractivity contribution in [1.82, 2.24) is 4.98 Å². The molecule has 5 heteroatoms. The lowest BCUT2D eigenvalue weighted by Gasteiger charge is -2.17. The minimum absolute atomic E-state index is 0.0890. The zero-order valence-corrected chi connectivity index (χ0v) is 10.8. The summed E-state index contributed by atoms with van der Waals surface area (Å²) in [6, 6.07) is 3.76. The third-order valence-corrected chi connectivity index (χ3v) is 2.10. The first-order valence-corrected chi connectivity index (χ1v) is 5.58. The van der Waals surface area contributed by atoms with E-state index in [2.05, 4.69) is 10.3 Å². The van der Waals surface area contributed by atoms with Crippen LogP contribution in [0.15, 0.2) is 18.3 Å². The second kappa shape index (κ2) is 7.09. The van der Waals surface area contributed by atoms with Crippen molar-refractivity contribution in [2.75, 3.05) is 26.1 Å². The lowest BCUT2D eigenvalue weighted by Crippen LogP contribution is -2.24. The summed E-state index contributed by atoms with van der Waals surface area (Å²) in [5, 5.41) is 3.18. The molecule has 1 heterocycles. The standard InChI is InChI=1S/C12H20N2O3/c1-9(2)17-12-10(6-5-7-13-12)14-8-11(15-3)16-4/h5-7,9,11,14H,8H2,1-4H3. The van der Waals surface area contributed by atoms with E-state index in [4.69, 9.17) is 14.2 Å². The third kappa shape index (κ3) is 4.58. The first kappa shape index (κ1) is 13.7. The Bertz CT molecular complexity index is 327. The Morgan fingerprint density at radius 1 is 1.29 bits per heavy atom. The maximum atomic E-state index is 5.59. The van der Waals surface area contributed by atoms with E-state index in [9.17, 15) is 0 Å². The molecule has 1 aromatic heterocycles. The van der Waals surface area contributed by atoms with Crippen LogP contribution in [0.5, 0.6) is 5.88 Å². The highest BCUT2D eigenvalue weighted by atomic mass is 16.7. The third-order valence-electron chi connectivity index (χ3n) is 2.10. The van der Waals surface area contributed by atoms with Crippen molar-refractivity contribution in [2.24, 2.45) is 0 Å². The number of hydrogen-bond donors (Lipinski definition) is 1. The van der Waals surface area contributed by atoms with E-state index in [1.54, 1.807) is 20.4 Å². The van der Waals surface area contributed by atoms with E-state index in [0.717, 1.165) is 5.69 Å². The molecule has 1 N–H and O–H groups in total. The molecule has 0 aliphatic rings. The SMILES string of the molecule is COC(CNc1cccnc1OC(C)C)OC. The zero-order chi connectivity index (χ0) is 12.7. The Morgan fingerprint density at radius 2 is 2.00 bits per heavy atom. The summed E-state index contributed by atoms with van der Waals surface area (Å²) >= 11 is 0. The normalized spacial score (nSPS) is 10.9. The first-order valence-electron chi connectivity index (χ1n) is 5.58. The molecule has 0 unspecified atom stereocenters. The lowest BCUT2D eigenvalue weighted by molar-refractivity contribution is -0.0914. The van der Waals surface area contributed by atoms with Crippen LogP contribution < -0.4 is 10.1 Å². The summed E-state index contributed by atoms with van der Waals surface area (Å²) in [5.41, 5.74) is 0.834. The monoisotopic (exact) mass is 240 g/mol. The van der Waals surface area contributed by atoms with Crippen LogP contribution in [0.2, 0.25) is 0 Å². The molecular formula is C12H20N2O3. The number of anilines is 1. The van der Waals surface area contributed by atoms with Crippen LogP contribution in [-0.4, -0.2) is 38.1 Å².